The van der Waals surface area contributed by atoms with Crippen molar-refractivity contribution in [1.82, 2.24) is 13.9 Å². The van der Waals surface area contributed by atoms with Crippen LogP contribution in [0, 0.1) is 3.70 Å². The highest BCUT2D eigenvalue weighted by Crippen LogP contribution is 2.32. The summed E-state index contributed by atoms with van der Waals surface area (Å²) in [5.74, 6) is 0. The van der Waals surface area contributed by atoms with E-state index in [-0.39, 0.29) is 17.1 Å². The van der Waals surface area contributed by atoms with Crippen LogP contribution in [-0.2, 0) is 19.5 Å². The van der Waals surface area contributed by atoms with Gasteiger partial charge in [-0.1, -0.05) is 18.2 Å². The van der Waals surface area contributed by atoms with Gasteiger partial charge in [-0.3, -0.25) is 0 Å². The highest BCUT2D eigenvalue weighted by atomic mass is 127. The molecule has 2 aliphatic rings. The number of amides is 1. The molecule has 2 aliphatic heterocycles. The minimum atomic E-state index is -3.78. The van der Waals surface area contributed by atoms with E-state index < -0.39 is 10.0 Å². The van der Waals surface area contributed by atoms with Crippen molar-refractivity contribution in [3.05, 3.63) is 52.4 Å². The van der Waals surface area contributed by atoms with Crippen molar-refractivity contribution in [3.8, 4) is 0 Å². The first kappa shape index (κ1) is 21.5. The number of rotatable bonds is 4. The second-order valence-corrected chi connectivity index (χ2v) is 10.5. The highest BCUT2D eigenvalue weighted by Gasteiger charge is 2.30. The Kier molecular flexibility index (Phi) is 5.72. The van der Waals surface area contributed by atoms with Gasteiger partial charge in [-0.05, 0) is 46.9 Å². The second-order valence-electron chi connectivity index (χ2n) is 7.63. The molecule has 0 spiro atoms. The van der Waals surface area contributed by atoms with Gasteiger partial charge in [0.15, 0.2) is 11.8 Å². The van der Waals surface area contributed by atoms with Crippen molar-refractivity contribution < 1.29 is 22.7 Å². The number of fused-ring (bicyclic) bond motifs is 1. The van der Waals surface area contributed by atoms with Crippen molar-refractivity contribution in [2.24, 2.45) is 0 Å². The molecular formula is C21H21IN4O5S. The van der Waals surface area contributed by atoms with Crippen LogP contribution in [0.1, 0.15) is 0 Å². The van der Waals surface area contributed by atoms with Gasteiger partial charge in [-0.25, -0.2) is 22.2 Å². The molecule has 5 rings (SSSR count). The number of carbonyl (C=O) groups excluding carboxylic acids is 1. The summed E-state index contributed by atoms with van der Waals surface area (Å²) in [6.45, 7) is 3.20. The molecule has 2 saturated heterocycles. The Hall–Kier alpha value is -2.38. The quantitative estimate of drug-likeness (QED) is 0.447. The Balaban J connectivity index is 1.41. The fourth-order valence-electron chi connectivity index (χ4n) is 3.86. The van der Waals surface area contributed by atoms with Crippen LogP contribution in [0.5, 0.6) is 0 Å². The van der Waals surface area contributed by atoms with E-state index in [0.717, 1.165) is 11.1 Å². The summed E-state index contributed by atoms with van der Waals surface area (Å²) in [6, 6.07) is 12.1. The number of aromatic nitrogens is 2. The first-order valence-corrected chi connectivity index (χ1v) is 12.7. The number of halogens is 1. The molecule has 168 valence electrons. The molecule has 11 heteroatoms. The van der Waals surface area contributed by atoms with Crippen LogP contribution in [-0.4, -0.2) is 73.9 Å². The Morgan fingerprint density at radius 3 is 2.47 bits per heavy atom. The van der Waals surface area contributed by atoms with E-state index in [4.69, 9.17) is 9.47 Å². The molecule has 4 heterocycles. The number of carbonyl (C=O) groups is 1. The third-order valence-corrected chi connectivity index (χ3v) is 8.47. The molecule has 0 radical (unpaired) electrons. The zero-order valence-electron chi connectivity index (χ0n) is 17.1. The minimum absolute atomic E-state index is 0.145. The second kappa shape index (κ2) is 8.52. The summed E-state index contributed by atoms with van der Waals surface area (Å²) >= 11 is 2.03. The minimum Gasteiger partial charge on any atom is -0.441 e. The number of benzene rings is 1. The van der Waals surface area contributed by atoms with Gasteiger partial charge in [-0.15, -0.1) is 0 Å². The smallest absolute Gasteiger partial charge is 0.410 e. The van der Waals surface area contributed by atoms with Gasteiger partial charge in [0, 0.05) is 43.4 Å². The Labute approximate surface area is 199 Å². The number of hydrogen-bond acceptors (Lipinski definition) is 7. The molecule has 32 heavy (non-hydrogen) atoms. The van der Waals surface area contributed by atoms with Crippen molar-refractivity contribution >= 4 is 55.4 Å². The summed E-state index contributed by atoms with van der Waals surface area (Å²) < 4.78 is 38.9. The molecule has 1 amide bonds. The first-order valence-electron chi connectivity index (χ1n) is 10.2. The van der Waals surface area contributed by atoms with Crippen molar-refractivity contribution in [2.45, 2.75) is 11.0 Å². The van der Waals surface area contributed by atoms with Crippen LogP contribution in [0.3, 0.4) is 0 Å². The van der Waals surface area contributed by atoms with E-state index in [1.54, 1.807) is 41.4 Å². The first-order chi connectivity index (χ1) is 15.4. The highest BCUT2D eigenvalue weighted by molar-refractivity contribution is 14.1. The number of pyridine rings is 1. The standard InChI is InChI=1S/C21H21IN4O5S/c22-19-12-17-18(24-8-10-25(11-9-24)21(27)31-15-13-30-14-15)6-7-23-20(17)26(19)32(28,29)16-4-2-1-3-5-16/h1-7,12,15H,8-11,13-14H2. The molecule has 0 bridgehead atoms. The molecule has 1 aromatic carbocycles. The maximum absolute atomic E-state index is 13.3. The predicted molar refractivity (Wildman–Crippen MR) is 126 cm³/mol. The lowest BCUT2D eigenvalue weighted by molar-refractivity contribution is -0.104. The molecule has 0 saturated carbocycles. The summed E-state index contributed by atoms with van der Waals surface area (Å²) in [5.41, 5.74) is 1.29. The molecule has 3 aromatic rings. The van der Waals surface area contributed by atoms with E-state index in [9.17, 15) is 13.2 Å². The zero-order chi connectivity index (χ0) is 22.3. The van der Waals surface area contributed by atoms with Crippen LogP contribution in [0.15, 0.2) is 53.6 Å². The van der Waals surface area contributed by atoms with Gasteiger partial charge < -0.3 is 19.3 Å². The largest absolute Gasteiger partial charge is 0.441 e. The van der Waals surface area contributed by atoms with Crippen LogP contribution in [0.2, 0.25) is 0 Å². The van der Waals surface area contributed by atoms with Gasteiger partial charge in [-0.2, -0.15) is 0 Å². The molecule has 2 fully saturated rings. The van der Waals surface area contributed by atoms with Crippen molar-refractivity contribution in [3.63, 3.8) is 0 Å². The maximum atomic E-state index is 13.3. The van der Waals surface area contributed by atoms with Gasteiger partial charge >= 0.3 is 6.09 Å². The Morgan fingerprint density at radius 1 is 1.09 bits per heavy atom. The van der Waals surface area contributed by atoms with Crippen molar-refractivity contribution in [1.29, 1.82) is 0 Å². The zero-order valence-corrected chi connectivity index (χ0v) is 20.0. The van der Waals surface area contributed by atoms with Gasteiger partial charge in [0.05, 0.1) is 21.8 Å². The molecule has 2 aromatic heterocycles. The van der Waals surface area contributed by atoms with Crippen molar-refractivity contribution in [2.75, 3.05) is 44.3 Å². The third-order valence-electron chi connectivity index (χ3n) is 5.63. The monoisotopic (exact) mass is 568 g/mol. The van der Waals surface area contributed by atoms with E-state index in [0.29, 0.717) is 48.7 Å². The van der Waals surface area contributed by atoms with E-state index in [1.165, 1.54) is 3.97 Å². The van der Waals surface area contributed by atoms with E-state index in [2.05, 4.69) is 9.88 Å². The molecule has 0 unspecified atom stereocenters. The number of piperazine rings is 1. The number of ether oxygens (including phenoxy) is 2. The number of anilines is 1. The topological polar surface area (TPSA) is 94.0 Å². The van der Waals surface area contributed by atoms with Crippen LogP contribution in [0.25, 0.3) is 11.0 Å². The lowest BCUT2D eigenvalue weighted by Gasteiger charge is -2.37. The average Bonchev–Trinajstić information content (AvgIpc) is 3.13. The molecule has 0 atom stereocenters. The maximum Gasteiger partial charge on any atom is 0.410 e. The predicted octanol–water partition coefficient (Wildman–Crippen LogP) is 2.54. The van der Waals surface area contributed by atoms with Crippen LogP contribution in [0.4, 0.5) is 10.5 Å². The summed E-state index contributed by atoms with van der Waals surface area (Å²) in [7, 11) is -3.78. The fourth-order valence-corrected chi connectivity index (χ4v) is 6.55. The lowest BCUT2D eigenvalue weighted by atomic mass is 10.2. The third kappa shape index (κ3) is 3.82. The SMILES string of the molecule is O=C(OC1COC1)N1CCN(c2ccnc3c2cc(I)n3S(=O)(=O)c2ccccc2)CC1. The Bertz CT molecular complexity index is 1250. The summed E-state index contributed by atoms with van der Waals surface area (Å²) in [4.78, 5) is 20.8. The van der Waals surface area contributed by atoms with E-state index >= 15 is 0 Å². The number of hydrogen-bond donors (Lipinski definition) is 0. The lowest BCUT2D eigenvalue weighted by Crippen LogP contribution is -2.51. The Morgan fingerprint density at radius 2 is 1.81 bits per heavy atom. The fraction of sp³-hybridized carbons (Fsp3) is 0.333. The van der Waals surface area contributed by atoms with Crippen LogP contribution < -0.4 is 4.90 Å². The molecular weight excluding hydrogens is 547 g/mol. The van der Waals surface area contributed by atoms with Crippen LogP contribution >= 0.6 is 22.6 Å². The van der Waals surface area contributed by atoms with E-state index in [1.807, 2.05) is 34.7 Å². The molecule has 9 nitrogen and oxygen atoms in total. The summed E-state index contributed by atoms with van der Waals surface area (Å²) in [5, 5.41) is 0.763. The normalized spacial score (nSPS) is 17.4. The van der Waals surface area contributed by atoms with Gasteiger partial charge in [0.1, 0.15) is 0 Å². The molecule has 0 aliphatic carbocycles. The summed E-state index contributed by atoms with van der Waals surface area (Å²) in [6.07, 6.45) is 1.17. The number of nitrogens with zero attached hydrogens (tertiary/aromatic N) is 4. The van der Waals surface area contributed by atoms with Gasteiger partial charge in [0.25, 0.3) is 10.0 Å². The van der Waals surface area contributed by atoms with Gasteiger partial charge in [0.2, 0.25) is 0 Å². The molecule has 0 N–H and O–H groups in total. The average molecular weight is 568 g/mol.